The summed E-state index contributed by atoms with van der Waals surface area (Å²) in [4.78, 5) is 12.0. The summed E-state index contributed by atoms with van der Waals surface area (Å²) in [5, 5.41) is 2.73. The van der Waals surface area contributed by atoms with Crippen LogP contribution in [0, 0.1) is 0 Å². The molecule has 0 saturated carbocycles. The molecule has 1 aliphatic rings. The van der Waals surface area contributed by atoms with E-state index in [1.54, 1.807) is 19.1 Å². The Balaban J connectivity index is 1.83. The van der Waals surface area contributed by atoms with E-state index >= 15 is 0 Å². The second kappa shape index (κ2) is 8.15. The number of halogens is 2. The van der Waals surface area contributed by atoms with Crippen molar-refractivity contribution in [2.24, 2.45) is 0 Å². The van der Waals surface area contributed by atoms with Crippen molar-refractivity contribution in [2.75, 3.05) is 17.3 Å². The van der Waals surface area contributed by atoms with Crippen LogP contribution < -0.4 is 10.1 Å². The van der Waals surface area contributed by atoms with Crippen LogP contribution in [0.5, 0.6) is 5.75 Å². The standard InChI is InChI=1S/C15H19F2NO4S2/c1-10(11-3-2-4-12(7-11)22-15(16)17)18-14(19)8-23-13-5-6-24(20,21)9-13/h2-4,7,10,13,15H,5-6,8-9H2,1H3,(H,18,19)/t10-,13-/m0/s1. The molecule has 9 heteroatoms. The van der Waals surface area contributed by atoms with Crippen LogP contribution in [-0.2, 0) is 14.6 Å². The van der Waals surface area contributed by atoms with Crippen molar-refractivity contribution in [2.45, 2.75) is 31.2 Å². The van der Waals surface area contributed by atoms with E-state index in [2.05, 4.69) is 10.1 Å². The molecule has 1 aromatic rings. The van der Waals surface area contributed by atoms with Crippen LogP contribution in [0.25, 0.3) is 0 Å². The highest BCUT2D eigenvalue weighted by Crippen LogP contribution is 2.25. The maximum absolute atomic E-state index is 12.2. The van der Waals surface area contributed by atoms with Crippen molar-refractivity contribution in [3.8, 4) is 5.75 Å². The van der Waals surface area contributed by atoms with Gasteiger partial charge in [0.05, 0.1) is 23.3 Å². The molecule has 0 bridgehead atoms. The molecule has 24 heavy (non-hydrogen) atoms. The number of nitrogens with one attached hydrogen (secondary N) is 1. The van der Waals surface area contributed by atoms with Gasteiger partial charge in [-0.1, -0.05) is 12.1 Å². The van der Waals surface area contributed by atoms with Crippen LogP contribution in [0.4, 0.5) is 8.78 Å². The Kier molecular flexibility index (Phi) is 6.45. The van der Waals surface area contributed by atoms with Crippen molar-refractivity contribution in [3.63, 3.8) is 0 Å². The fourth-order valence-electron chi connectivity index (χ4n) is 2.41. The van der Waals surface area contributed by atoms with Gasteiger partial charge in [0.15, 0.2) is 9.84 Å². The number of rotatable bonds is 7. The molecule has 2 rings (SSSR count). The Labute approximate surface area is 144 Å². The zero-order chi connectivity index (χ0) is 17.7. The number of ether oxygens (including phenoxy) is 1. The summed E-state index contributed by atoms with van der Waals surface area (Å²) in [6.45, 7) is -1.16. The van der Waals surface area contributed by atoms with E-state index in [-0.39, 0.29) is 40.2 Å². The number of hydrogen-bond donors (Lipinski definition) is 1. The van der Waals surface area contributed by atoms with Crippen LogP contribution in [0.3, 0.4) is 0 Å². The average Bonchev–Trinajstić information content (AvgIpc) is 2.84. The highest BCUT2D eigenvalue weighted by molar-refractivity contribution is 8.02. The van der Waals surface area contributed by atoms with E-state index in [1.165, 1.54) is 23.9 Å². The number of amides is 1. The first kappa shape index (κ1) is 19.0. The highest BCUT2D eigenvalue weighted by Gasteiger charge is 2.28. The second-order valence-electron chi connectivity index (χ2n) is 5.58. The number of thioether (sulfide) groups is 1. The van der Waals surface area contributed by atoms with Gasteiger partial charge in [0.2, 0.25) is 5.91 Å². The molecule has 0 aliphatic carbocycles. The summed E-state index contributed by atoms with van der Waals surface area (Å²) in [5.74, 6) is 0.274. The van der Waals surface area contributed by atoms with Crippen LogP contribution in [0.2, 0.25) is 0 Å². The minimum Gasteiger partial charge on any atom is -0.435 e. The normalized spacial score (nSPS) is 20.8. The summed E-state index contributed by atoms with van der Waals surface area (Å²) in [5.41, 5.74) is 0.648. The first-order chi connectivity index (χ1) is 11.2. The number of carbonyl (C=O) groups is 1. The maximum Gasteiger partial charge on any atom is 0.387 e. The van der Waals surface area contributed by atoms with Gasteiger partial charge in [0.1, 0.15) is 5.75 Å². The van der Waals surface area contributed by atoms with Gasteiger partial charge in [-0.3, -0.25) is 4.79 Å². The third-order valence-corrected chi connectivity index (χ3v) is 6.88. The lowest BCUT2D eigenvalue weighted by Crippen LogP contribution is -2.29. The molecule has 1 aromatic carbocycles. The highest BCUT2D eigenvalue weighted by atomic mass is 32.2. The van der Waals surface area contributed by atoms with E-state index in [9.17, 15) is 22.0 Å². The van der Waals surface area contributed by atoms with Crippen LogP contribution >= 0.6 is 11.8 Å². The van der Waals surface area contributed by atoms with Gasteiger partial charge in [0.25, 0.3) is 0 Å². The van der Waals surface area contributed by atoms with Crippen molar-refractivity contribution in [3.05, 3.63) is 29.8 Å². The average molecular weight is 379 g/mol. The predicted octanol–water partition coefficient (Wildman–Crippen LogP) is 2.39. The minimum absolute atomic E-state index is 0.0362. The fourth-order valence-corrected chi connectivity index (χ4v) is 5.87. The lowest BCUT2D eigenvalue weighted by Gasteiger charge is -2.16. The van der Waals surface area contributed by atoms with Gasteiger partial charge in [-0.2, -0.15) is 8.78 Å². The van der Waals surface area contributed by atoms with Gasteiger partial charge in [-0.15, -0.1) is 11.8 Å². The molecular formula is C15H19F2NO4S2. The summed E-state index contributed by atoms with van der Waals surface area (Å²) >= 11 is 1.33. The molecule has 0 spiro atoms. The molecule has 2 atom stereocenters. The van der Waals surface area contributed by atoms with Crippen molar-refractivity contribution >= 4 is 27.5 Å². The van der Waals surface area contributed by atoms with Crippen LogP contribution in [0.15, 0.2) is 24.3 Å². The molecule has 0 aromatic heterocycles. The van der Waals surface area contributed by atoms with Crippen LogP contribution in [0.1, 0.15) is 24.9 Å². The van der Waals surface area contributed by atoms with E-state index in [0.717, 1.165) is 0 Å². The fraction of sp³-hybridized carbons (Fsp3) is 0.533. The van der Waals surface area contributed by atoms with Gasteiger partial charge >= 0.3 is 6.61 Å². The Bertz CT molecular complexity index is 682. The SMILES string of the molecule is C[C@H](NC(=O)CS[C@H]1CCS(=O)(=O)C1)c1cccc(OC(F)F)c1. The van der Waals surface area contributed by atoms with Gasteiger partial charge in [0, 0.05) is 5.25 Å². The van der Waals surface area contributed by atoms with Crippen molar-refractivity contribution < 1.29 is 26.7 Å². The molecule has 1 heterocycles. The third-order valence-electron chi connectivity index (χ3n) is 3.60. The number of sulfone groups is 1. The molecule has 0 unspecified atom stereocenters. The van der Waals surface area contributed by atoms with Gasteiger partial charge < -0.3 is 10.1 Å². The Morgan fingerprint density at radius 1 is 1.46 bits per heavy atom. The summed E-state index contributed by atoms with van der Waals surface area (Å²) in [6, 6.07) is 5.79. The quantitative estimate of drug-likeness (QED) is 0.788. The molecule has 1 saturated heterocycles. The maximum atomic E-state index is 12.2. The van der Waals surface area contributed by atoms with Gasteiger partial charge in [-0.05, 0) is 31.0 Å². The number of benzene rings is 1. The lowest BCUT2D eigenvalue weighted by molar-refractivity contribution is -0.119. The van der Waals surface area contributed by atoms with E-state index < -0.39 is 16.4 Å². The molecule has 1 aliphatic heterocycles. The third kappa shape index (κ3) is 5.94. The van der Waals surface area contributed by atoms with E-state index in [0.29, 0.717) is 12.0 Å². The van der Waals surface area contributed by atoms with Crippen molar-refractivity contribution in [1.82, 2.24) is 5.32 Å². The zero-order valence-electron chi connectivity index (χ0n) is 13.1. The molecule has 0 radical (unpaired) electrons. The Hall–Kier alpha value is -1.35. The minimum atomic E-state index is -2.95. The lowest BCUT2D eigenvalue weighted by atomic mass is 10.1. The topological polar surface area (TPSA) is 72.5 Å². The number of alkyl halides is 2. The Morgan fingerprint density at radius 3 is 2.83 bits per heavy atom. The monoisotopic (exact) mass is 379 g/mol. The van der Waals surface area contributed by atoms with E-state index in [1.807, 2.05) is 0 Å². The van der Waals surface area contributed by atoms with Crippen LogP contribution in [-0.4, -0.2) is 43.4 Å². The second-order valence-corrected chi connectivity index (χ2v) is 9.09. The predicted molar refractivity (Wildman–Crippen MR) is 89.1 cm³/mol. The smallest absolute Gasteiger partial charge is 0.387 e. The molecule has 1 amide bonds. The molecular weight excluding hydrogens is 360 g/mol. The number of carbonyl (C=O) groups excluding carboxylic acids is 1. The molecule has 134 valence electrons. The Morgan fingerprint density at radius 2 is 2.21 bits per heavy atom. The summed E-state index contributed by atoms with van der Waals surface area (Å²) < 4.78 is 51.6. The zero-order valence-corrected chi connectivity index (χ0v) is 14.7. The molecule has 1 fully saturated rings. The molecule has 5 nitrogen and oxygen atoms in total. The van der Waals surface area contributed by atoms with Crippen molar-refractivity contribution in [1.29, 1.82) is 0 Å². The number of hydrogen-bond acceptors (Lipinski definition) is 5. The first-order valence-electron chi connectivity index (χ1n) is 7.41. The van der Waals surface area contributed by atoms with Gasteiger partial charge in [-0.25, -0.2) is 8.42 Å². The summed E-state index contributed by atoms with van der Waals surface area (Å²) in [6.07, 6.45) is 0.572. The largest absolute Gasteiger partial charge is 0.435 e. The summed E-state index contributed by atoms with van der Waals surface area (Å²) in [7, 11) is -2.95. The molecule has 1 N–H and O–H groups in total. The van der Waals surface area contributed by atoms with E-state index in [4.69, 9.17) is 0 Å². The first-order valence-corrected chi connectivity index (χ1v) is 10.3.